The zero-order valence-corrected chi connectivity index (χ0v) is 8.25. The van der Waals surface area contributed by atoms with Crippen LogP contribution in [0.15, 0.2) is 24.3 Å². The Bertz CT molecular complexity index is 300. The molecule has 1 aromatic rings. The van der Waals surface area contributed by atoms with Gasteiger partial charge in [-0.1, -0.05) is 37.3 Å². The van der Waals surface area contributed by atoms with Gasteiger partial charge in [-0.3, -0.25) is 0 Å². The third-order valence-electron chi connectivity index (χ3n) is 2.10. The third kappa shape index (κ3) is 2.43. The quantitative estimate of drug-likeness (QED) is 0.750. The second-order valence-corrected chi connectivity index (χ2v) is 3.12. The molecule has 0 bridgehead atoms. The van der Waals surface area contributed by atoms with Crippen molar-refractivity contribution in [3.8, 4) is 0 Å². The minimum atomic E-state index is 0.116. The number of hydrogen-bond donors (Lipinski definition) is 1. The molecule has 0 aliphatic rings. The Balaban J connectivity index is 3.07. The van der Waals surface area contributed by atoms with E-state index in [1.807, 2.05) is 12.1 Å². The van der Waals surface area contributed by atoms with E-state index in [1.54, 1.807) is 0 Å². The van der Waals surface area contributed by atoms with Gasteiger partial charge in [0.2, 0.25) is 0 Å². The summed E-state index contributed by atoms with van der Waals surface area (Å²) in [7, 11) is 0. The van der Waals surface area contributed by atoms with Crippen molar-refractivity contribution >= 4 is 6.08 Å². The molecule has 13 heavy (non-hydrogen) atoms. The van der Waals surface area contributed by atoms with Gasteiger partial charge >= 0.3 is 0 Å². The van der Waals surface area contributed by atoms with Crippen LogP contribution < -0.4 is 0 Å². The van der Waals surface area contributed by atoms with Gasteiger partial charge in [-0.25, -0.2) is 0 Å². The SMILES string of the molecule is CC/C=C\c1c(C)cccc1CO. The van der Waals surface area contributed by atoms with Gasteiger partial charge in [0.05, 0.1) is 6.61 Å². The molecule has 0 fully saturated rings. The lowest BCUT2D eigenvalue weighted by Crippen LogP contribution is -1.90. The molecule has 0 amide bonds. The summed E-state index contributed by atoms with van der Waals surface area (Å²) in [6.07, 6.45) is 5.22. The van der Waals surface area contributed by atoms with E-state index in [-0.39, 0.29) is 6.61 Å². The predicted octanol–water partition coefficient (Wildman–Crippen LogP) is 2.91. The number of hydrogen-bond acceptors (Lipinski definition) is 1. The van der Waals surface area contributed by atoms with Crippen LogP contribution in [0.1, 0.15) is 30.0 Å². The molecule has 1 heteroatoms. The number of aliphatic hydroxyl groups is 1. The van der Waals surface area contributed by atoms with E-state index in [2.05, 4.69) is 32.1 Å². The molecule has 0 aliphatic carbocycles. The van der Waals surface area contributed by atoms with E-state index in [9.17, 15) is 0 Å². The minimum Gasteiger partial charge on any atom is -0.392 e. The maximum Gasteiger partial charge on any atom is 0.0687 e. The van der Waals surface area contributed by atoms with Crippen molar-refractivity contribution in [2.45, 2.75) is 26.9 Å². The smallest absolute Gasteiger partial charge is 0.0687 e. The number of aryl methyl sites for hydroxylation is 1. The average molecular weight is 176 g/mol. The molecule has 0 saturated carbocycles. The van der Waals surface area contributed by atoms with Gasteiger partial charge in [0.15, 0.2) is 0 Å². The summed E-state index contributed by atoms with van der Waals surface area (Å²) in [5, 5.41) is 9.11. The highest BCUT2D eigenvalue weighted by Gasteiger charge is 1.99. The second-order valence-electron chi connectivity index (χ2n) is 3.12. The molecule has 0 spiro atoms. The first kappa shape index (κ1) is 10.0. The molecule has 0 atom stereocenters. The molecule has 0 radical (unpaired) electrons. The van der Waals surface area contributed by atoms with Crippen LogP contribution >= 0.6 is 0 Å². The fraction of sp³-hybridized carbons (Fsp3) is 0.333. The summed E-state index contributed by atoms with van der Waals surface area (Å²) in [6.45, 7) is 4.28. The van der Waals surface area contributed by atoms with Crippen molar-refractivity contribution in [3.05, 3.63) is 41.0 Å². The van der Waals surface area contributed by atoms with Crippen LogP contribution in [0.4, 0.5) is 0 Å². The molecule has 1 aromatic carbocycles. The normalized spacial score (nSPS) is 11.0. The molecule has 70 valence electrons. The summed E-state index contributed by atoms with van der Waals surface area (Å²) >= 11 is 0. The highest BCUT2D eigenvalue weighted by molar-refractivity contribution is 5.57. The second kappa shape index (κ2) is 4.83. The summed E-state index contributed by atoms with van der Waals surface area (Å²) in [5.41, 5.74) is 3.38. The first-order valence-corrected chi connectivity index (χ1v) is 4.65. The summed E-state index contributed by atoms with van der Waals surface area (Å²) in [4.78, 5) is 0. The van der Waals surface area contributed by atoms with Crippen molar-refractivity contribution in [1.82, 2.24) is 0 Å². The van der Waals surface area contributed by atoms with Crippen LogP contribution in [0, 0.1) is 6.92 Å². The maximum absolute atomic E-state index is 9.11. The van der Waals surface area contributed by atoms with Gasteiger partial charge in [0, 0.05) is 0 Å². The zero-order valence-electron chi connectivity index (χ0n) is 8.25. The predicted molar refractivity (Wildman–Crippen MR) is 56.4 cm³/mol. The Morgan fingerprint density at radius 2 is 2.15 bits per heavy atom. The van der Waals surface area contributed by atoms with Gasteiger partial charge in [-0.2, -0.15) is 0 Å². The maximum atomic E-state index is 9.11. The van der Waals surface area contributed by atoms with Crippen LogP contribution in [-0.2, 0) is 6.61 Å². The topological polar surface area (TPSA) is 20.2 Å². The highest BCUT2D eigenvalue weighted by Crippen LogP contribution is 2.16. The Kier molecular flexibility index (Phi) is 3.71. The third-order valence-corrected chi connectivity index (χ3v) is 2.10. The summed E-state index contributed by atoms with van der Waals surface area (Å²) in [6, 6.07) is 6.00. The van der Waals surface area contributed by atoms with Crippen LogP contribution in [0.2, 0.25) is 0 Å². The molecule has 1 nitrogen and oxygen atoms in total. The molecule has 1 N–H and O–H groups in total. The van der Waals surface area contributed by atoms with Gasteiger partial charge in [-0.15, -0.1) is 0 Å². The van der Waals surface area contributed by atoms with E-state index in [4.69, 9.17) is 5.11 Å². The molecule has 1 rings (SSSR count). The monoisotopic (exact) mass is 176 g/mol. The van der Waals surface area contributed by atoms with Crippen LogP contribution in [-0.4, -0.2) is 5.11 Å². The summed E-state index contributed by atoms with van der Waals surface area (Å²) < 4.78 is 0. The lowest BCUT2D eigenvalue weighted by Gasteiger charge is -2.05. The number of aliphatic hydroxyl groups excluding tert-OH is 1. The van der Waals surface area contributed by atoms with Crippen LogP contribution in [0.3, 0.4) is 0 Å². The largest absolute Gasteiger partial charge is 0.392 e. The Morgan fingerprint density at radius 3 is 2.77 bits per heavy atom. The summed E-state index contributed by atoms with van der Waals surface area (Å²) in [5.74, 6) is 0. The number of benzene rings is 1. The van der Waals surface area contributed by atoms with Gasteiger partial charge in [0.1, 0.15) is 0 Å². The van der Waals surface area contributed by atoms with Crippen LogP contribution in [0.5, 0.6) is 0 Å². The van der Waals surface area contributed by atoms with Crippen LogP contribution in [0.25, 0.3) is 6.08 Å². The molecule has 0 heterocycles. The molecule has 0 aliphatic heterocycles. The first-order valence-electron chi connectivity index (χ1n) is 4.65. The van der Waals surface area contributed by atoms with Crippen molar-refractivity contribution in [2.24, 2.45) is 0 Å². The van der Waals surface area contributed by atoms with Crippen molar-refractivity contribution in [1.29, 1.82) is 0 Å². The first-order chi connectivity index (χ1) is 6.29. The molecular weight excluding hydrogens is 160 g/mol. The molecule has 0 aromatic heterocycles. The van der Waals surface area contributed by atoms with Gasteiger partial charge in [0.25, 0.3) is 0 Å². The van der Waals surface area contributed by atoms with Crippen molar-refractivity contribution in [2.75, 3.05) is 0 Å². The van der Waals surface area contributed by atoms with E-state index >= 15 is 0 Å². The highest BCUT2D eigenvalue weighted by atomic mass is 16.3. The lowest BCUT2D eigenvalue weighted by molar-refractivity contribution is 0.281. The van der Waals surface area contributed by atoms with Gasteiger partial charge < -0.3 is 5.11 Å². The van der Waals surface area contributed by atoms with E-state index < -0.39 is 0 Å². The zero-order chi connectivity index (χ0) is 9.68. The molecular formula is C12H16O. The molecule has 0 unspecified atom stereocenters. The van der Waals surface area contributed by atoms with E-state index in [0.29, 0.717) is 0 Å². The Labute approximate surface area is 79.7 Å². The number of allylic oxidation sites excluding steroid dienone is 1. The Hall–Kier alpha value is -1.08. The average Bonchev–Trinajstić information content (AvgIpc) is 2.15. The fourth-order valence-corrected chi connectivity index (χ4v) is 1.35. The fourth-order valence-electron chi connectivity index (χ4n) is 1.35. The Morgan fingerprint density at radius 1 is 1.38 bits per heavy atom. The lowest BCUT2D eigenvalue weighted by atomic mass is 10.0. The van der Waals surface area contributed by atoms with Gasteiger partial charge in [-0.05, 0) is 30.0 Å². The minimum absolute atomic E-state index is 0.116. The van der Waals surface area contributed by atoms with Crippen molar-refractivity contribution < 1.29 is 5.11 Å². The molecule has 0 saturated heterocycles. The number of rotatable bonds is 3. The van der Waals surface area contributed by atoms with Crippen molar-refractivity contribution in [3.63, 3.8) is 0 Å². The standard InChI is InChI=1S/C12H16O/c1-3-4-8-12-10(2)6-5-7-11(12)9-13/h4-8,13H,3,9H2,1-2H3/b8-4-. The van der Waals surface area contributed by atoms with E-state index in [0.717, 1.165) is 17.5 Å². The van der Waals surface area contributed by atoms with E-state index in [1.165, 1.54) is 5.56 Å².